The van der Waals surface area contributed by atoms with E-state index in [0.29, 0.717) is 17.1 Å². The zero-order valence-corrected chi connectivity index (χ0v) is 19.5. The van der Waals surface area contributed by atoms with Crippen molar-refractivity contribution in [3.05, 3.63) is 87.9 Å². The number of nitrogens with one attached hydrogen (secondary N) is 1. The van der Waals surface area contributed by atoms with Gasteiger partial charge >= 0.3 is 6.03 Å². The molecule has 0 unspecified atom stereocenters. The summed E-state index contributed by atoms with van der Waals surface area (Å²) in [5, 5.41) is 11.7. The highest BCUT2D eigenvalue weighted by atomic mass is 79.9. The Balaban J connectivity index is 1.67. The Labute approximate surface area is 203 Å². The smallest absolute Gasteiger partial charge is 0.335 e. The molecule has 0 aromatic heterocycles. The maximum absolute atomic E-state index is 13.1. The summed E-state index contributed by atoms with van der Waals surface area (Å²) in [5.74, 6) is -0.711. The third kappa shape index (κ3) is 4.94. The highest BCUT2D eigenvalue weighted by Crippen LogP contribution is 2.30. The topological polar surface area (TPSA) is 105 Å². The number of phenolic OH excluding ortho intramolecular Hbond substituents is 1. The van der Waals surface area contributed by atoms with Gasteiger partial charge in [-0.1, -0.05) is 28.1 Å². The Morgan fingerprint density at radius 2 is 1.71 bits per heavy atom. The van der Waals surface area contributed by atoms with Gasteiger partial charge < -0.3 is 14.6 Å². The van der Waals surface area contributed by atoms with Crippen molar-refractivity contribution >= 4 is 45.5 Å². The zero-order chi connectivity index (χ0) is 24.2. The fourth-order valence-electron chi connectivity index (χ4n) is 3.28. The summed E-state index contributed by atoms with van der Waals surface area (Å²) in [4.78, 5) is 38.9. The molecule has 4 rings (SSSR count). The number of halogens is 1. The maximum Gasteiger partial charge on any atom is 0.335 e. The first-order valence-electron chi connectivity index (χ1n) is 10.1. The van der Waals surface area contributed by atoms with Gasteiger partial charge in [-0.3, -0.25) is 14.9 Å². The van der Waals surface area contributed by atoms with Crippen LogP contribution in [0, 0.1) is 0 Å². The van der Waals surface area contributed by atoms with E-state index in [1.54, 1.807) is 18.2 Å². The number of hydrogen-bond acceptors (Lipinski definition) is 6. The number of imide groups is 2. The minimum atomic E-state index is -0.876. The predicted octanol–water partition coefficient (Wildman–Crippen LogP) is 4.41. The highest BCUT2D eigenvalue weighted by Gasteiger charge is 2.37. The van der Waals surface area contributed by atoms with E-state index >= 15 is 0 Å². The number of ether oxygens (including phenoxy) is 2. The Morgan fingerprint density at radius 1 is 1.00 bits per heavy atom. The van der Waals surface area contributed by atoms with Crippen LogP contribution in [-0.4, -0.2) is 30.1 Å². The van der Waals surface area contributed by atoms with Gasteiger partial charge in [0.05, 0.1) is 12.8 Å². The summed E-state index contributed by atoms with van der Waals surface area (Å²) in [6, 6.07) is 17.2. The molecule has 172 valence electrons. The number of urea groups is 1. The monoisotopic (exact) mass is 522 g/mol. The number of rotatable bonds is 6. The molecule has 1 aliphatic rings. The second-order valence-corrected chi connectivity index (χ2v) is 8.21. The van der Waals surface area contributed by atoms with Gasteiger partial charge in [0.2, 0.25) is 0 Å². The molecule has 1 saturated heterocycles. The molecular formula is C25H19BrN2O6. The summed E-state index contributed by atoms with van der Waals surface area (Å²) in [6.07, 6.45) is 1.37. The molecule has 1 aliphatic heterocycles. The van der Waals surface area contributed by atoms with Gasteiger partial charge in [0.1, 0.15) is 29.4 Å². The highest BCUT2D eigenvalue weighted by molar-refractivity contribution is 9.10. The Kier molecular flexibility index (Phi) is 6.65. The lowest BCUT2D eigenvalue weighted by atomic mass is 10.1. The fourth-order valence-corrected chi connectivity index (χ4v) is 3.54. The summed E-state index contributed by atoms with van der Waals surface area (Å²) in [5.41, 5.74) is 1.34. The van der Waals surface area contributed by atoms with Crippen LogP contribution in [0.4, 0.5) is 10.5 Å². The molecule has 0 atom stereocenters. The van der Waals surface area contributed by atoms with Crippen LogP contribution in [0.25, 0.3) is 6.08 Å². The number of methoxy groups -OCH3 is 1. The maximum atomic E-state index is 13.1. The van der Waals surface area contributed by atoms with Crippen molar-refractivity contribution in [2.24, 2.45) is 0 Å². The van der Waals surface area contributed by atoms with Crippen LogP contribution >= 0.6 is 15.9 Å². The van der Waals surface area contributed by atoms with Crippen LogP contribution in [0.15, 0.2) is 76.8 Å². The molecule has 0 saturated carbocycles. The summed E-state index contributed by atoms with van der Waals surface area (Å²) >= 11 is 3.39. The second-order valence-electron chi connectivity index (χ2n) is 7.29. The van der Waals surface area contributed by atoms with E-state index in [9.17, 15) is 19.5 Å². The second kappa shape index (κ2) is 9.80. The lowest BCUT2D eigenvalue weighted by Crippen LogP contribution is -2.54. The van der Waals surface area contributed by atoms with Crippen LogP contribution < -0.4 is 19.7 Å². The molecule has 3 aromatic carbocycles. The third-order valence-electron chi connectivity index (χ3n) is 5.04. The van der Waals surface area contributed by atoms with Gasteiger partial charge in [0.15, 0.2) is 0 Å². The summed E-state index contributed by atoms with van der Waals surface area (Å²) in [7, 11) is 1.52. The standard InChI is InChI=1S/C25H19BrN2O6/c1-33-20-11-4-16(22(13-20)34-14-15-2-5-17(26)6-3-15)12-21-23(30)27-25(32)28(24(21)31)18-7-9-19(29)10-8-18/h2-13,29H,14H2,1H3,(H,27,30,32)/b21-12+. The number of carbonyl (C=O) groups is 3. The number of barbiturate groups is 1. The molecule has 4 amide bonds. The van der Waals surface area contributed by atoms with Gasteiger partial charge in [0, 0.05) is 16.1 Å². The minimum Gasteiger partial charge on any atom is -0.508 e. The molecule has 0 spiro atoms. The van der Waals surface area contributed by atoms with Crippen molar-refractivity contribution < 1.29 is 29.0 Å². The normalized spacial score (nSPS) is 14.8. The number of anilines is 1. The van der Waals surface area contributed by atoms with Crippen molar-refractivity contribution in [2.45, 2.75) is 6.61 Å². The van der Waals surface area contributed by atoms with Crippen LogP contribution in [0.3, 0.4) is 0 Å². The van der Waals surface area contributed by atoms with Gasteiger partial charge in [0.25, 0.3) is 11.8 Å². The van der Waals surface area contributed by atoms with Gasteiger partial charge in [-0.05, 0) is 60.2 Å². The van der Waals surface area contributed by atoms with Crippen LogP contribution in [0.2, 0.25) is 0 Å². The molecule has 0 radical (unpaired) electrons. The van der Waals surface area contributed by atoms with Gasteiger partial charge in [-0.2, -0.15) is 0 Å². The number of aromatic hydroxyl groups is 1. The molecule has 0 bridgehead atoms. The molecule has 9 heteroatoms. The van der Waals surface area contributed by atoms with Crippen molar-refractivity contribution in [3.63, 3.8) is 0 Å². The van der Waals surface area contributed by atoms with Crippen LogP contribution in [-0.2, 0) is 16.2 Å². The minimum absolute atomic E-state index is 0.0220. The van der Waals surface area contributed by atoms with E-state index in [0.717, 1.165) is 14.9 Å². The number of benzene rings is 3. The van der Waals surface area contributed by atoms with Gasteiger partial charge in [-0.15, -0.1) is 0 Å². The lowest BCUT2D eigenvalue weighted by molar-refractivity contribution is -0.122. The Morgan fingerprint density at radius 3 is 2.38 bits per heavy atom. The summed E-state index contributed by atoms with van der Waals surface area (Å²) < 4.78 is 12.2. The molecule has 0 aliphatic carbocycles. The number of amides is 4. The van der Waals surface area contributed by atoms with E-state index in [-0.39, 0.29) is 23.6 Å². The Hall–Kier alpha value is -4.11. The SMILES string of the molecule is COc1ccc(/C=C2\C(=O)NC(=O)N(c3ccc(O)cc3)C2=O)c(OCc2ccc(Br)cc2)c1. The number of phenols is 1. The summed E-state index contributed by atoms with van der Waals surface area (Å²) in [6.45, 7) is 0.245. The third-order valence-corrected chi connectivity index (χ3v) is 5.57. The van der Waals surface area contributed by atoms with Crippen molar-refractivity contribution in [2.75, 3.05) is 12.0 Å². The average Bonchev–Trinajstić information content (AvgIpc) is 2.83. The first kappa shape index (κ1) is 23.1. The largest absolute Gasteiger partial charge is 0.508 e. The molecule has 1 heterocycles. The zero-order valence-electron chi connectivity index (χ0n) is 17.9. The fraction of sp³-hybridized carbons (Fsp3) is 0.0800. The molecule has 1 fully saturated rings. The molecule has 34 heavy (non-hydrogen) atoms. The first-order chi connectivity index (χ1) is 16.4. The molecule has 8 nitrogen and oxygen atoms in total. The number of nitrogens with zero attached hydrogens (tertiary/aromatic N) is 1. The molecule has 2 N–H and O–H groups in total. The van der Waals surface area contributed by atoms with Gasteiger partial charge in [-0.25, -0.2) is 9.69 Å². The van der Waals surface area contributed by atoms with Crippen molar-refractivity contribution in [1.82, 2.24) is 5.32 Å². The predicted molar refractivity (Wildman–Crippen MR) is 129 cm³/mol. The first-order valence-corrected chi connectivity index (χ1v) is 10.9. The van der Waals surface area contributed by atoms with E-state index in [2.05, 4.69) is 21.2 Å². The van der Waals surface area contributed by atoms with Crippen molar-refractivity contribution in [3.8, 4) is 17.2 Å². The quantitative estimate of drug-likeness (QED) is 0.367. The van der Waals surface area contributed by atoms with Crippen LogP contribution in [0.5, 0.6) is 17.2 Å². The lowest BCUT2D eigenvalue weighted by Gasteiger charge is -2.26. The van der Waals surface area contributed by atoms with E-state index < -0.39 is 17.8 Å². The molecular weight excluding hydrogens is 504 g/mol. The Bertz CT molecular complexity index is 1290. The van der Waals surface area contributed by atoms with Crippen molar-refractivity contribution in [1.29, 1.82) is 0 Å². The number of carbonyl (C=O) groups excluding carboxylic acids is 3. The average molecular weight is 523 g/mol. The van der Waals surface area contributed by atoms with E-state index in [1.807, 2.05) is 24.3 Å². The number of hydrogen-bond donors (Lipinski definition) is 2. The van der Waals surface area contributed by atoms with Crippen LogP contribution in [0.1, 0.15) is 11.1 Å². The molecule has 3 aromatic rings. The van der Waals surface area contributed by atoms with E-state index in [1.165, 1.54) is 37.5 Å². The van der Waals surface area contributed by atoms with E-state index in [4.69, 9.17) is 9.47 Å².